The Bertz CT molecular complexity index is 1050. The van der Waals surface area contributed by atoms with Crippen molar-refractivity contribution in [3.05, 3.63) is 58.4 Å². The lowest BCUT2D eigenvalue weighted by molar-refractivity contribution is -0.00518. The minimum atomic E-state index is -0.331. The molecule has 34 heavy (non-hydrogen) atoms. The molecule has 2 heterocycles. The smallest absolute Gasteiger partial charge is 0.339 e. The van der Waals surface area contributed by atoms with Crippen molar-refractivity contribution in [2.45, 2.75) is 62.9 Å². The standard InChI is InChI=1S/C28H34ClN3O2/c1-34-27(33)23-3-2-7-30-26(23)17-32-8-6-22(16-32)31-25-5-4-21(12-24(25)29)28-13-18-9-19(14-28)11-20(10-18)15-28/h2-5,7,12,18-20,22,31H,6,8-11,13-17H2,1H3. The molecule has 1 aliphatic heterocycles. The lowest BCUT2D eigenvalue weighted by atomic mass is 9.48. The second-order valence-corrected chi connectivity index (χ2v) is 11.7. The van der Waals surface area contributed by atoms with Crippen molar-refractivity contribution >= 4 is 23.3 Å². The van der Waals surface area contributed by atoms with E-state index < -0.39 is 0 Å². The predicted molar refractivity (Wildman–Crippen MR) is 134 cm³/mol. The van der Waals surface area contributed by atoms with E-state index in [2.05, 4.69) is 33.4 Å². The van der Waals surface area contributed by atoms with Crippen molar-refractivity contribution in [2.24, 2.45) is 17.8 Å². The molecule has 180 valence electrons. The van der Waals surface area contributed by atoms with Gasteiger partial charge in [-0.25, -0.2) is 4.79 Å². The van der Waals surface area contributed by atoms with Crippen LogP contribution in [0.4, 0.5) is 5.69 Å². The number of ether oxygens (including phenoxy) is 1. The topological polar surface area (TPSA) is 54.5 Å². The zero-order chi connectivity index (χ0) is 23.3. The first-order valence-corrected chi connectivity index (χ1v) is 13.2. The fraction of sp³-hybridized carbons (Fsp3) is 0.571. The molecule has 1 saturated heterocycles. The van der Waals surface area contributed by atoms with Gasteiger partial charge in [-0.15, -0.1) is 0 Å². The van der Waals surface area contributed by atoms with Crippen LogP contribution in [0.3, 0.4) is 0 Å². The number of rotatable bonds is 6. The summed E-state index contributed by atoms with van der Waals surface area (Å²) in [5, 5.41) is 4.54. The molecule has 1 N–H and O–H groups in total. The maximum absolute atomic E-state index is 12.1. The molecule has 1 atom stereocenters. The van der Waals surface area contributed by atoms with E-state index >= 15 is 0 Å². The number of anilines is 1. The van der Waals surface area contributed by atoms with Crippen LogP contribution in [-0.2, 0) is 16.7 Å². The van der Waals surface area contributed by atoms with E-state index in [0.29, 0.717) is 23.6 Å². The first-order chi connectivity index (χ1) is 16.5. The van der Waals surface area contributed by atoms with Gasteiger partial charge in [0.1, 0.15) is 0 Å². The molecule has 1 aromatic heterocycles. The molecular weight excluding hydrogens is 446 g/mol. The van der Waals surface area contributed by atoms with Crippen LogP contribution in [-0.4, -0.2) is 42.1 Å². The van der Waals surface area contributed by atoms with Crippen molar-refractivity contribution in [3.8, 4) is 0 Å². The molecule has 0 spiro atoms. The third-order valence-electron chi connectivity index (χ3n) is 8.92. The summed E-state index contributed by atoms with van der Waals surface area (Å²) in [6.07, 6.45) is 11.2. The van der Waals surface area contributed by atoms with Gasteiger partial charge in [0.15, 0.2) is 0 Å². The quantitative estimate of drug-likeness (QED) is 0.540. The van der Waals surface area contributed by atoms with Gasteiger partial charge in [-0.3, -0.25) is 9.88 Å². The Morgan fingerprint density at radius 1 is 1.18 bits per heavy atom. The third-order valence-corrected chi connectivity index (χ3v) is 9.23. The molecule has 4 aliphatic carbocycles. The molecule has 6 heteroatoms. The molecule has 4 saturated carbocycles. The summed E-state index contributed by atoms with van der Waals surface area (Å²) in [6, 6.07) is 10.7. The fourth-order valence-corrected chi connectivity index (χ4v) is 8.05. The molecule has 2 aromatic rings. The molecule has 1 unspecified atom stereocenters. The number of aromatic nitrogens is 1. The minimum Gasteiger partial charge on any atom is -0.465 e. The van der Waals surface area contributed by atoms with E-state index in [4.69, 9.17) is 16.3 Å². The monoisotopic (exact) mass is 479 g/mol. The number of benzene rings is 1. The van der Waals surface area contributed by atoms with Crippen molar-refractivity contribution in [3.63, 3.8) is 0 Å². The zero-order valence-electron chi connectivity index (χ0n) is 19.9. The van der Waals surface area contributed by atoms with Crippen LogP contribution in [0.25, 0.3) is 0 Å². The summed E-state index contributed by atoms with van der Waals surface area (Å²) in [5.41, 5.74) is 4.20. The number of methoxy groups -OCH3 is 1. The summed E-state index contributed by atoms with van der Waals surface area (Å²) >= 11 is 6.85. The number of esters is 1. The van der Waals surface area contributed by atoms with E-state index in [9.17, 15) is 4.79 Å². The summed E-state index contributed by atoms with van der Waals surface area (Å²) in [5.74, 6) is 2.48. The number of hydrogen-bond acceptors (Lipinski definition) is 5. The lowest BCUT2D eigenvalue weighted by Gasteiger charge is -2.57. The second-order valence-electron chi connectivity index (χ2n) is 11.2. The molecule has 1 aromatic carbocycles. The first-order valence-electron chi connectivity index (χ1n) is 12.8. The van der Waals surface area contributed by atoms with Gasteiger partial charge in [-0.2, -0.15) is 0 Å². The van der Waals surface area contributed by atoms with Gasteiger partial charge < -0.3 is 10.1 Å². The van der Waals surface area contributed by atoms with E-state index in [-0.39, 0.29) is 5.97 Å². The van der Waals surface area contributed by atoms with E-state index in [1.807, 2.05) is 0 Å². The van der Waals surface area contributed by atoms with Gasteiger partial charge in [-0.05, 0) is 97.9 Å². The SMILES string of the molecule is COC(=O)c1cccnc1CN1CCC(Nc2ccc(C34CC5CC(CC(C5)C3)C4)cc2Cl)C1. The number of pyridine rings is 1. The summed E-state index contributed by atoms with van der Waals surface area (Å²) in [6.45, 7) is 2.49. The highest BCUT2D eigenvalue weighted by molar-refractivity contribution is 6.33. The summed E-state index contributed by atoms with van der Waals surface area (Å²) in [4.78, 5) is 18.8. The molecule has 0 radical (unpaired) electrons. The van der Waals surface area contributed by atoms with E-state index in [1.54, 1.807) is 18.3 Å². The first kappa shape index (κ1) is 22.4. The van der Waals surface area contributed by atoms with Gasteiger partial charge in [0.2, 0.25) is 0 Å². The maximum atomic E-state index is 12.1. The molecule has 4 bridgehead atoms. The maximum Gasteiger partial charge on any atom is 0.339 e. The van der Waals surface area contributed by atoms with Crippen molar-refractivity contribution < 1.29 is 9.53 Å². The number of nitrogens with zero attached hydrogens (tertiary/aromatic N) is 2. The van der Waals surface area contributed by atoms with Gasteiger partial charge in [0.05, 0.1) is 29.1 Å². The molecule has 0 amide bonds. The number of nitrogens with one attached hydrogen (secondary N) is 1. The van der Waals surface area contributed by atoms with Crippen molar-refractivity contribution in [1.82, 2.24) is 9.88 Å². The predicted octanol–water partition coefficient (Wildman–Crippen LogP) is 5.68. The van der Waals surface area contributed by atoms with Crippen LogP contribution in [0.5, 0.6) is 0 Å². The Morgan fingerprint density at radius 2 is 1.91 bits per heavy atom. The number of likely N-dealkylation sites (tertiary alicyclic amines) is 1. The number of hydrogen-bond donors (Lipinski definition) is 1. The van der Waals surface area contributed by atoms with Crippen LogP contribution in [0.1, 0.15) is 66.6 Å². The molecule has 7 rings (SSSR count). The minimum absolute atomic E-state index is 0.327. The summed E-state index contributed by atoms with van der Waals surface area (Å²) in [7, 11) is 1.41. The van der Waals surface area contributed by atoms with Gasteiger partial charge in [0.25, 0.3) is 0 Å². The fourth-order valence-electron chi connectivity index (χ4n) is 7.81. The number of carbonyl (C=O) groups excluding carboxylic acids is 1. The second kappa shape index (κ2) is 8.83. The Labute approximate surface area is 207 Å². The lowest BCUT2D eigenvalue weighted by Crippen LogP contribution is -2.48. The largest absolute Gasteiger partial charge is 0.465 e. The molecule has 5 aliphatic rings. The van der Waals surface area contributed by atoms with Crippen LogP contribution >= 0.6 is 11.6 Å². The highest BCUT2D eigenvalue weighted by Crippen LogP contribution is 2.61. The van der Waals surface area contributed by atoms with Crippen molar-refractivity contribution in [2.75, 3.05) is 25.5 Å². The van der Waals surface area contributed by atoms with E-state index in [1.165, 1.54) is 51.2 Å². The zero-order valence-corrected chi connectivity index (χ0v) is 20.7. The summed E-state index contributed by atoms with van der Waals surface area (Å²) < 4.78 is 4.92. The number of carbonyl (C=O) groups is 1. The van der Waals surface area contributed by atoms with Crippen LogP contribution < -0.4 is 5.32 Å². The van der Waals surface area contributed by atoms with Gasteiger partial charge in [-0.1, -0.05) is 17.7 Å². The van der Waals surface area contributed by atoms with Crippen LogP contribution in [0, 0.1) is 17.8 Å². The van der Waals surface area contributed by atoms with Crippen LogP contribution in [0.2, 0.25) is 5.02 Å². The molecular formula is C28H34ClN3O2. The van der Waals surface area contributed by atoms with Gasteiger partial charge >= 0.3 is 5.97 Å². The average Bonchev–Trinajstić information content (AvgIpc) is 3.26. The Balaban J connectivity index is 1.11. The Hall–Kier alpha value is -2.11. The Kier molecular flexibility index (Phi) is 5.81. The molecule has 5 fully saturated rings. The Morgan fingerprint density at radius 3 is 2.59 bits per heavy atom. The van der Waals surface area contributed by atoms with E-state index in [0.717, 1.165) is 53.7 Å². The van der Waals surface area contributed by atoms with Crippen LogP contribution in [0.15, 0.2) is 36.5 Å². The third kappa shape index (κ3) is 4.11. The number of halogens is 1. The highest BCUT2D eigenvalue weighted by atomic mass is 35.5. The highest BCUT2D eigenvalue weighted by Gasteiger charge is 2.51. The van der Waals surface area contributed by atoms with Gasteiger partial charge in [0, 0.05) is 31.9 Å². The molecule has 5 nitrogen and oxygen atoms in total. The normalized spacial score (nSPS) is 32.2. The van der Waals surface area contributed by atoms with Crippen molar-refractivity contribution in [1.29, 1.82) is 0 Å². The average molecular weight is 480 g/mol.